The van der Waals surface area contributed by atoms with Gasteiger partial charge in [0.2, 0.25) is 5.91 Å². The largest absolute Gasteiger partial charge is 0.490 e. The topological polar surface area (TPSA) is 59.0 Å². The second-order valence-corrected chi connectivity index (χ2v) is 6.80. The second kappa shape index (κ2) is 8.70. The molecule has 0 spiro atoms. The van der Waals surface area contributed by atoms with Crippen LogP contribution in [0.1, 0.15) is 24.8 Å². The number of aryl methyl sites for hydroxylation is 1. The van der Waals surface area contributed by atoms with E-state index in [1.54, 1.807) is 19.1 Å². The summed E-state index contributed by atoms with van der Waals surface area (Å²) in [7, 11) is 3.35. The summed E-state index contributed by atoms with van der Waals surface area (Å²) >= 11 is 6.13. The zero-order valence-electron chi connectivity index (χ0n) is 14.5. The molecule has 6 heteroatoms. The van der Waals surface area contributed by atoms with Crippen LogP contribution in [0.3, 0.4) is 0 Å². The Hall–Kier alpha value is -1.30. The fraction of sp³-hybridized carbons (Fsp3) is 0.611. The van der Waals surface area contributed by atoms with Crippen molar-refractivity contribution in [3.05, 3.63) is 28.8 Å². The molecule has 3 atom stereocenters. The summed E-state index contributed by atoms with van der Waals surface area (Å²) in [5.74, 6) is 0.595. The number of hydrogen-bond acceptors (Lipinski definition) is 4. The highest BCUT2D eigenvalue weighted by molar-refractivity contribution is 6.32. The standard InChI is InChI=1S/C18H26ClNO4/c1-12-4-7-16(14(19)10-12)24-9-8-20(2)18(22)13-5-6-15(21)17(11-13)23-3/h4,7,10,13,15,17,21H,5-6,8-9,11H2,1-3H3/t13-,15+,17-/m1/s1. The van der Waals surface area contributed by atoms with E-state index in [4.69, 9.17) is 21.1 Å². The van der Waals surface area contributed by atoms with Crippen molar-refractivity contribution in [3.63, 3.8) is 0 Å². The average molecular weight is 356 g/mol. The van der Waals surface area contributed by atoms with Gasteiger partial charge in [-0.05, 0) is 43.9 Å². The van der Waals surface area contributed by atoms with Crippen molar-refractivity contribution in [2.75, 3.05) is 27.3 Å². The van der Waals surface area contributed by atoms with Gasteiger partial charge in [-0.15, -0.1) is 0 Å². The van der Waals surface area contributed by atoms with Gasteiger partial charge in [-0.3, -0.25) is 4.79 Å². The summed E-state index contributed by atoms with van der Waals surface area (Å²) in [6.07, 6.45) is 1.11. The molecule has 0 aromatic heterocycles. The van der Waals surface area contributed by atoms with Crippen LogP contribution in [0.15, 0.2) is 18.2 Å². The summed E-state index contributed by atoms with van der Waals surface area (Å²) in [5, 5.41) is 10.4. The predicted octanol–water partition coefficient (Wildman–Crippen LogP) is 2.66. The fourth-order valence-corrected chi connectivity index (χ4v) is 3.32. The molecule has 0 unspecified atom stereocenters. The van der Waals surface area contributed by atoms with E-state index >= 15 is 0 Å². The van der Waals surface area contributed by atoms with Crippen LogP contribution in [0.4, 0.5) is 0 Å². The minimum absolute atomic E-state index is 0.0718. The van der Waals surface area contributed by atoms with Gasteiger partial charge < -0.3 is 19.5 Å². The van der Waals surface area contributed by atoms with E-state index in [0.29, 0.717) is 43.2 Å². The lowest BCUT2D eigenvalue weighted by molar-refractivity contribution is -0.139. The van der Waals surface area contributed by atoms with Crippen LogP contribution >= 0.6 is 11.6 Å². The maximum Gasteiger partial charge on any atom is 0.225 e. The van der Waals surface area contributed by atoms with Crippen LogP contribution in [-0.2, 0) is 9.53 Å². The molecule has 0 heterocycles. The summed E-state index contributed by atoms with van der Waals surface area (Å²) in [6.45, 7) is 2.84. The first-order chi connectivity index (χ1) is 11.4. The Labute approximate surface area is 148 Å². The molecule has 1 aliphatic carbocycles. The Kier molecular flexibility index (Phi) is 6.90. The smallest absolute Gasteiger partial charge is 0.225 e. The molecule has 0 aliphatic heterocycles. The first-order valence-electron chi connectivity index (χ1n) is 8.27. The molecular weight excluding hydrogens is 330 g/mol. The number of benzene rings is 1. The number of aliphatic hydroxyl groups excluding tert-OH is 1. The lowest BCUT2D eigenvalue weighted by atomic mass is 9.84. The number of aliphatic hydroxyl groups is 1. The van der Waals surface area contributed by atoms with Crippen molar-refractivity contribution in [2.45, 2.75) is 38.4 Å². The Morgan fingerprint density at radius 3 is 2.83 bits per heavy atom. The van der Waals surface area contributed by atoms with Crippen molar-refractivity contribution in [1.82, 2.24) is 4.90 Å². The third-order valence-electron chi connectivity index (χ3n) is 4.56. The van der Waals surface area contributed by atoms with Gasteiger partial charge in [-0.1, -0.05) is 17.7 Å². The maximum absolute atomic E-state index is 12.5. The highest BCUT2D eigenvalue weighted by atomic mass is 35.5. The first kappa shape index (κ1) is 19.0. The first-order valence-corrected chi connectivity index (χ1v) is 8.65. The quantitative estimate of drug-likeness (QED) is 0.852. The lowest BCUT2D eigenvalue weighted by Gasteiger charge is -2.33. The highest BCUT2D eigenvalue weighted by Crippen LogP contribution is 2.28. The molecule has 1 aromatic carbocycles. The number of nitrogens with zero attached hydrogens (tertiary/aromatic N) is 1. The number of methoxy groups -OCH3 is 1. The maximum atomic E-state index is 12.5. The third-order valence-corrected chi connectivity index (χ3v) is 4.85. The number of carbonyl (C=O) groups excluding carboxylic acids is 1. The van der Waals surface area contributed by atoms with Gasteiger partial charge in [0.05, 0.1) is 23.8 Å². The molecule has 1 aromatic rings. The number of ether oxygens (including phenoxy) is 2. The Balaban J connectivity index is 1.81. The molecule has 0 bridgehead atoms. The third kappa shape index (κ3) is 4.85. The number of likely N-dealkylation sites (N-methyl/N-ethyl adjacent to an activating group) is 1. The average Bonchev–Trinajstić information content (AvgIpc) is 2.56. The van der Waals surface area contributed by atoms with Crippen LogP contribution in [-0.4, -0.2) is 55.4 Å². The molecule has 1 N–H and O–H groups in total. The van der Waals surface area contributed by atoms with E-state index in [0.717, 1.165) is 5.56 Å². The zero-order valence-corrected chi connectivity index (χ0v) is 15.3. The van der Waals surface area contributed by atoms with Crippen molar-refractivity contribution in [1.29, 1.82) is 0 Å². The van der Waals surface area contributed by atoms with Crippen LogP contribution in [0.5, 0.6) is 5.75 Å². The predicted molar refractivity (Wildman–Crippen MR) is 93.5 cm³/mol. The van der Waals surface area contributed by atoms with Gasteiger partial charge in [0.15, 0.2) is 0 Å². The van der Waals surface area contributed by atoms with E-state index in [-0.39, 0.29) is 17.9 Å². The Morgan fingerprint density at radius 1 is 1.42 bits per heavy atom. The zero-order chi connectivity index (χ0) is 17.7. The number of hydrogen-bond donors (Lipinski definition) is 1. The number of carbonyl (C=O) groups is 1. The SMILES string of the molecule is CO[C@@H]1C[C@H](C(=O)N(C)CCOc2ccc(C)cc2Cl)CC[C@@H]1O. The van der Waals surface area contributed by atoms with Crippen molar-refractivity contribution in [3.8, 4) is 5.75 Å². The van der Waals surface area contributed by atoms with Gasteiger partial charge in [0, 0.05) is 20.1 Å². The molecule has 134 valence electrons. The minimum atomic E-state index is -0.476. The van der Waals surface area contributed by atoms with Crippen LogP contribution in [0.25, 0.3) is 0 Å². The molecule has 0 radical (unpaired) electrons. The van der Waals surface area contributed by atoms with Gasteiger partial charge >= 0.3 is 0 Å². The number of rotatable bonds is 6. The van der Waals surface area contributed by atoms with Gasteiger partial charge in [-0.25, -0.2) is 0 Å². The van der Waals surface area contributed by atoms with Crippen LogP contribution < -0.4 is 4.74 Å². The summed E-state index contributed by atoms with van der Waals surface area (Å²) < 4.78 is 10.9. The van der Waals surface area contributed by atoms with Crippen molar-refractivity contribution in [2.24, 2.45) is 5.92 Å². The highest BCUT2D eigenvalue weighted by Gasteiger charge is 2.34. The Morgan fingerprint density at radius 2 is 2.17 bits per heavy atom. The summed E-state index contributed by atoms with van der Waals surface area (Å²) in [5.41, 5.74) is 1.08. The molecule has 0 saturated heterocycles. The molecule has 1 amide bonds. The van der Waals surface area contributed by atoms with Gasteiger partial charge in [0.1, 0.15) is 12.4 Å². The van der Waals surface area contributed by atoms with E-state index in [1.807, 2.05) is 25.1 Å². The van der Waals surface area contributed by atoms with Crippen molar-refractivity contribution >= 4 is 17.5 Å². The molecule has 1 saturated carbocycles. The summed E-state index contributed by atoms with van der Waals surface area (Å²) in [6, 6.07) is 5.63. The molecule has 24 heavy (non-hydrogen) atoms. The molecule has 1 fully saturated rings. The monoisotopic (exact) mass is 355 g/mol. The summed E-state index contributed by atoms with van der Waals surface area (Å²) in [4.78, 5) is 14.2. The van der Waals surface area contributed by atoms with Gasteiger partial charge in [-0.2, -0.15) is 0 Å². The lowest BCUT2D eigenvalue weighted by Crippen LogP contribution is -2.43. The molecule has 5 nitrogen and oxygen atoms in total. The van der Waals surface area contributed by atoms with E-state index in [1.165, 1.54) is 0 Å². The second-order valence-electron chi connectivity index (χ2n) is 6.39. The Bertz CT molecular complexity index is 566. The number of amides is 1. The minimum Gasteiger partial charge on any atom is -0.490 e. The van der Waals surface area contributed by atoms with Crippen molar-refractivity contribution < 1.29 is 19.4 Å². The number of halogens is 1. The normalized spacial score (nSPS) is 23.8. The van der Waals surface area contributed by atoms with Crippen LogP contribution in [0.2, 0.25) is 5.02 Å². The van der Waals surface area contributed by atoms with E-state index < -0.39 is 6.10 Å². The molecule has 1 aliphatic rings. The van der Waals surface area contributed by atoms with E-state index in [2.05, 4.69) is 0 Å². The van der Waals surface area contributed by atoms with E-state index in [9.17, 15) is 9.90 Å². The fourth-order valence-electron chi connectivity index (χ4n) is 3.03. The van der Waals surface area contributed by atoms with Crippen LogP contribution in [0, 0.1) is 12.8 Å². The van der Waals surface area contributed by atoms with Gasteiger partial charge in [0.25, 0.3) is 0 Å². The molecular formula is C18H26ClNO4. The molecule has 2 rings (SSSR count).